The highest BCUT2D eigenvalue weighted by Gasteiger charge is 2.32. The van der Waals surface area contributed by atoms with Gasteiger partial charge in [-0.05, 0) is 36.4 Å². The van der Waals surface area contributed by atoms with Gasteiger partial charge in [-0.2, -0.15) is 13.2 Å². The smallest absolute Gasteiger partial charge is 0.416 e. The molecular weight excluding hydrogens is 316 g/mol. The number of phenolic OH excluding ortho intramolecular Hbond substituents is 1. The molecule has 20 heavy (non-hydrogen) atoms. The first kappa shape index (κ1) is 14.8. The van der Waals surface area contributed by atoms with Crippen LogP contribution in [0, 0.1) is 0 Å². The van der Waals surface area contributed by atoms with Gasteiger partial charge in [-0.3, -0.25) is 0 Å². The number of ether oxygens (including phenoxy) is 1. The molecular formula is C13H7Cl2F3O2. The summed E-state index contributed by atoms with van der Waals surface area (Å²) >= 11 is 11.5. The molecule has 0 unspecified atom stereocenters. The number of aromatic hydroxyl groups is 1. The van der Waals surface area contributed by atoms with E-state index in [4.69, 9.17) is 33.0 Å². The molecule has 0 saturated carbocycles. The molecule has 0 saturated heterocycles. The molecule has 106 valence electrons. The summed E-state index contributed by atoms with van der Waals surface area (Å²) in [5.74, 6) is 0.236. The molecule has 0 amide bonds. The number of halogens is 5. The molecule has 0 atom stereocenters. The Labute approximate surface area is 122 Å². The lowest BCUT2D eigenvalue weighted by Crippen LogP contribution is -2.05. The molecule has 1 N–H and O–H groups in total. The molecule has 0 heterocycles. The Bertz CT molecular complexity index is 601. The summed E-state index contributed by atoms with van der Waals surface area (Å²) in [5.41, 5.74) is -0.953. The van der Waals surface area contributed by atoms with E-state index in [1.165, 1.54) is 24.3 Å². The monoisotopic (exact) mass is 322 g/mol. The Morgan fingerprint density at radius 1 is 0.950 bits per heavy atom. The largest absolute Gasteiger partial charge is 0.508 e. The van der Waals surface area contributed by atoms with Crippen LogP contribution in [-0.4, -0.2) is 5.11 Å². The summed E-state index contributed by atoms with van der Waals surface area (Å²) in [5, 5.41) is 8.62. The van der Waals surface area contributed by atoms with Crippen molar-refractivity contribution in [3.63, 3.8) is 0 Å². The van der Waals surface area contributed by atoms with E-state index in [2.05, 4.69) is 0 Å². The van der Waals surface area contributed by atoms with Gasteiger partial charge in [0.1, 0.15) is 11.5 Å². The maximum Gasteiger partial charge on any atom is 0.416 e. The lowest BCUT2D eigenvalue weighted by molar-refractivity contribution is -0.137. The molecule has 0 fully saturated rings. The molecule has 0 aromatic heterocycles. The van der Waals surface area contributed by atoms with Crippen molar-refractivity contribution in [2.75, 3.05) is 0 Å². The van der Waals surface area contributed by atoms with Crippen molar-refractivity contribution >= 4 is 23.2 Å². The van der Waals surface area contributed by atoms with Crippen LogP contribution in [0.1, 0.15) is 5.56 Å². The van der Waals surface area contributed by atoms with Crippen molar-refractivity contribution in [1.29, 1.82) is 0 Å². The third kappa shape index (κ3) is 3.29. The zero-order chi connectivity index (χ0) is 14.9. The molecule has 0 spiro atoms. The average molecular weight is 323 g/mol. The Hall–Kier alpha value is -1.59. The highest BCUT2D eigenvalue weighted by atomic mass is 35.5. The fraction of sp³-hybridized carbons (Fsp3) is 0.0769. The van der Waals surface area contributed by atoms with E-state index in [1.807, 2.05) is 0 Å². The predicted molar refractivity (Wildman–Crippen MR) is 69.6 cm³/mol. The highest BCUT2D eigenvalue weighted by molar-refractivity contribution is 6.37. The number of hydrogen-bond acceptors (Lipinski definition) is 2. The number of rotatable bonds is 2. The first-order valence-electron chi connectivity index (χ1n) is 5.30. The molecule has 0 radical (unpaired) electrons. The lowest BCUT2D eigenvalue weighted by Gasteiger charge is -2.13. The summed E-state index contributed by atoms with van der Waals surface area (Å²) < 4.78 is 43.0. The maximum absolute atomic E-state index is 12.6. The predicted octanol–water partition coefficient (Wildman–Crippen LogP) is 5.51. The summed E-state index contributed by atoms with van der Waals surface area (Å²) in [4.78, 5) is 0. The van der Waals surface area contributed by atoms with Gasteiger partial charge in [-0.15, -0.1) is 0 Å². The molecule has 2 aromatic rings. The van der Waals surface area contributed by atoms with Crippen LogP contribution in [-0.2, 0) is 6.18 Å². The molecule has 0 bridgehead atoms. The van der Waals surface area contributed by atoms with Gasteiger partial charge in [0.05, 0.1) is 15.6 Å². The molecule has 2 rings (SSSR count). The second-order valence-corrected chi connectivity index (χ2v) is 4.68. The van der Waals surface area contributed by atoms with Crippen LogP contribution in [0.4, 0.5) is 13.2 Å². The fourth-order valence-electron chi connectivity index (χ4n) is 1.45. The van der Waals surface area contributed by atoms with Crippen molar-refractivity contribution in [3.05, 3.63) is 52.0 Å². The van der Waals surface area contributed by atoms with Crippen LogP contribution in [0.5, 0.6) is 17.2 Å². The molecule has 7 heteroatoms. The number of benzene rings is 2. The number of alkyl halides is 3. The summed E-state index contributed by atoms with van der Waals surface area (Å²) in [6.45, 7) is 0. The van der Waals surface area contributed by atoms with Crippen molar-refractivity contribution < 1.29 is 23.0 Å². The van der Waals surface area contributed by atoms with Crippen molar-refractivity contribution in [2.24, 2.45) is 0 Å². The standard InChI is InChI=1S/C13H7Cl2F3O2/c14-10-5-7(13(16,17)18)6-11(15)12(10)20-9-3-1-8(19)2-4-9/h1-6,19H. The zero-order valence-corrected chi connectivity index (χ0v) is 11.2. The number of phenols is 1. The minimum absolute atomic E-state index is 0.0296. The van der Waals surface area contributed by atoms with Gasteiger partial charge in [0, 0.05) is 0 Å². The second kappa shape index (κ2) is 5.42. The molecule has 0 aliphatic carbocycles. The first-order chi connectivity index (χ1) is 9.27. The summed E-state index contributed by atoms with van der Waals surface area (Å²) in [6.07, 6.45) is -4.54. The third-order valence-electron chi connectivity index (χ3n) is 2.38. The van der Waals surface area contributed by atoms with E-state index in [1.54, 1.807) is 0 Å². The lowest BCUT2D eigenvalue weighted by atomic mass is 10.2. The average Bonchev–Trinajstić information content (AvgIpc) is 2.34. The van der Waals surface area contributed by atoms with Crippen LogP contribution in [0.2, 0.25) is 10.0 Å². The molecule has 0 aliphatic rings. The Morgan fingerprint density at radius 2 is 1.45 bits per heavy atom. The normalized spacial score (nSPS) is 11.4. The van der Waals surface area contributed by atoms with Crippen LogP contribution < -0.4 is 4.74 Å². The minimum Gasteiger partial charge on any atom is -0.508 e. The van der Waals surface area contributed by atoms with Crippen LogP contribution in [0.15, 0.2) is 36.4 Å². The van der Waals surface area contributed by atoms with Gasteiger partial charge in [-0.1, -0.05) is 23.2 Å². The van der Waals surface area contributed by atoms with Gasteiger partial charge >= 0.3 is 6.18 Å². The van der Waals surface area contributed by atoms with Crippen LogP contribution >= 0.6 is 23.2 Å². The fourth-order valence-corrected chi connectivity index (χ4v) is 2.02. The topological polar surface area (TPSA) is 29.5 Å². The van der Waals surface area contributed by atoms with E-state index in [9.17, 15) is 13.2 Å². The van der Waals surface area contributed by atoms with Crippen LogP contribution in [0.25, 0.3) is 0 Å². The van der Waals surface area contributed by atoms with Gasteiger partial charge in [0.2, 0.25) is 0 Å². The van der Waals surface area contributed by atoms with E-state index in [0.717, 1.165) is 12.1 Å². The van der Waals surface area contributed by atoms with Gasteiger partial charge in [0.25, 0.3) is 0 Å². The summed E-state index contributed by atoms with van der Waals surface area (Å²) in [6, 6.07) is 7.06. The van der Waals surface area contributed by atoms with Crippen molar-refractivity contribution in [1.82, 2.24) is 0 Å². The zero-order valence-electron chi connectivity index (χ0n) is 9.71. The Morgan fingerprint density at radius 3 is 1.90 bits per heavy atom. The number of hydrogen-bond donors (Lipinski definition) is 1. The van der Waals surface area contributed by atoms with E-state index in [-0.39, 0.29) is 27.3 Å². The highest BCUT2D eigenvalue weighted by Crippen LogP contribution is 2.41. The maximum atomic E-state index is 12.6. The quantitative estimate of drug-likeness (QED) is 0.789. The Kier molecular flexibility index (Phi) is 4.01. The molecule has 2 aromatic carbocycles. The molecule has 2 nitrogen and oxygen atoms in total. The first-order valence-corrected chi connectivity index (χ1v) is 6.06. The SMILES string of the molecule is Oc1ccc(Oc2c(Cl)cc(C(F)(F)F)cc2Cl)cc1. The minimum atomic E-state index is -4.54. The van der Waals surface area contributed by atoms with Gasteiger partial charge in [-0.25, -0.2) is 0 Å². The van der Waals surface area contributed by atoms with Crippen molar-refractivity contribution in [3.8, 4) is 17.2 Å². The van der Waals surface area contributed by atoms with Crippen molar-refractivity contribution in [2.45, 2.75) is 6.18 Å². The van der Waals surface area contributed by atoms with Crippen LogP contribution in [0.3, 0.4) is 0 Å². The summed E-state index contributed by atoms with van der Waals surface area (Å²) in [7, 11) is 0. The van der Waals surface area contributed by atoms with E-state index < -0.39 is 11.7 Å². The molecule has 0 aliphatic heterocycles. The van der Waals surface area contributed by atoms with E-state index in [0.29, 0.717) is 0 Å². The van der Waals surface area contributed by atoms with Gasteiger partial charge in [0.15, 0.2) is 5.75 Å². The van der Waals surface area contributed by atoms with Gasteiger partial charge < -0.3 is 9.84 Å². The second-order valence-electron chi connectivity index (χ2n) is 3.86. The van der Waals surface area contributed by atoms with E-state index >= 15 is 0 Å². The Balaban J connectivity index is 2.36. The third-order valence-corrected chi connectivity index (χ3v) is 2.94.